The molecule has 3 fully saturated rings. The number of aromatic nitrogens is 1. The summed E-state index contributed by atoms with van der Waals surface area (Å²) in [6.45, 7) is 8.49. The van der Waals surface area contributed by atoms with E-state index in [1.54, 1.807) is 6.20 Å². The van der Waals surface area contributed by atoms with Crippen LogP contribution in [0.4, 0.5) is 22.9 Å². The largest absolute Gasteiger partial charge is 0.381 e. The zero-order chi connectivity index (χ0) is 24.0. The van der Waals surface area contributed by atoms with Crippen molar-refractivity contribution in [1.29, 1.82) is 0 Å². The minimum Gasteiger partial charge on any atom is -0.381 e. The van der Waals surface area contributed by atoms with Crippen molar-refractivity contribution in [3.63, 3.8) is 0 Å². The molecular formula is C28H36N4O3. The van der Waals surface area contributed by atoms with Crippen molar-refractivity contribution in [3.05, 3.63) is 42.1 Å². The summed E-state index contributed by atoms with van der Waals surface area (Å²) in [6, 6.07) is 10.5. The molecule has 3 aliphatic heterocycles. The monoisotopic (exact) mass is 476 g/mol. The minimum absolute atomic E-state index is 0.0275. The standard InChI is InChI=1S/C28H36N4O3/c1-19(2)35-23-8-5-20(6-9-23)27(33)32-15-21-4-3-12-29-26(21)30-24-10-7-22(14-25(24)32)31-16-28(17-31)11-13-34-18-28/h3-4,7,10,12,14,19-20,23H,5-6,8-9,11,13,15-18H2,1-2H3,(H,29,30). The molecule has 1 spiro atoms. The lowest BCUT2D eigenvalue weighted by atomic mass is 9.79. The van der Waals surface area contributed by atoms with E-state index in [1.807, 2.05) is 11.0 Å². The molecule has 1 aromatic carbocycles. The van der Waals surface area contributed by atoms with E-state index in [-0.39, 0.29) is 24.0 Å². The maximum absolute atomic E-state index is 14.0. The van der Waals surface area contributed by atoms with E-state index in [0.29, 0.717) is 12.0 Å². The summed E-state index contributed by atoms with van der Waals surface area (Å²) in [5.41, 5.74) is 4.43. The molecule has 1 N–H and O–H groups in total. The van der Waals surface area contributed by atoms with Crippen molar-refractivity contribution in [2.45, 2.75) is 64.7 Å². The number of carbonyl (C=O) groups is 1. The Bertz CT molecular complexity index is 1080. The van der Waals surface area contributed by atoms with Gasteiger partial charge in [0.25, 0.3) is 0 Å². The third-order valence-corrected chi connectivity index (χ3v) is 8.10. The van der Waals surface area contributed by atoms with Crippen molar-refractivity contribution >= 4 is 28.8 Å². The van der Waals surface area contributed by atoms with Crippen LogP contribution in [-0.2, 0) is 20.8 Å². The van der Waals surface area contributed by atoms with Crippen molar-refractivity contribution in [2.75, 3.05) is 41.4 Å². The summed E-state index contributed by atoms with van der Waals surface area (Å²) in [4.78, 5) is 23.0. The Hall–Kier alpha value is -2.64. The first-order valence-electron chi connectivity index (χ1n) is 13.1. The molecule has 1 aliphatic carbocycles. The van der Waals surface area contributed by atoms with Gasteiger partial charge in [-0.1, -0.05) is 6.07 Å². The highest BCUT2D eigenvalue weighted by Crippen LogP contribution is 2.44. The molecule has 6 rings (SSSR count). The predicted molar refractivity (Wildman–Crippen MR) is 137 cm³/mol. The van der Waals surface area contributed by atoms with E-state index in [4.69, 9.17) is 9.47 Å². The number of carbonyl (C=O) groups excluding carboxylic acids is 1. The second kappa shape index (κ2) is 9.10. The molecule has 4 heterocycles. The fraction of sp³-hybridized carbons (Fsp3) is 0.571. The lowest BCUT2D eigenvalue weighted by molar-refractivity contribution is -0.124. The first kappa shape index (κ1) is 22.8. The number of fused-ring (bicyclic) bond motifs is 2. The van der Waals surface area contributed by atoms with E-state index in [1.165, 1.54) is 5.69 Å². The fourth-order valence-electron chi connectivity index (χ4n) is 6.20. The third kappa shape index (κ3) is 4.40. The highest BCUT2D eigenvalue weighted by atomic mass is 16.5. The summed E-state index contributed by atoms with van der Waals surface area (Å²) in [5.74, 6) is 1.07. The fourth-order valence-corrected chi connectivity index (χ4v) is 6.20. The Balaban J connectivity index is 1.26. The van der Waals surface area contributed by atoms with Crippen LogP contribution in [0.2, 0.25) is 0 Å². The van der Waals surface area contributed by atoms with Crippen LogP contribution in [0, 0.1) is 11.3 Å². The molecule has 2 saturated heterocycles. The normalized spacial score (nSPS) is 25.0. The maximum atomic E-state index is 14.0. The first-order valence-corrected chi connectivity index (χ1v) is 13.1. The van der Waals surface area contributed by atoms with Gasteiger partial charge in [0.1, 0.15) is 5.82 Å². The van der Waals surface area contributed by atoms with Gasteiger partial charge in [0.2, 0.25) is 5.91 Å². The van der Waals surface area contributed by atoms with Gasteiger partial charge < -0.3 is 24.6 Å². The van der Waals surface area contributed by atoms with Crippen LogP contribution in [0.15, 0.2) is 36.5 Å². The minimum atomic E-state index is 0.0275. The van der Waals surface area contributed by atoms with Gasteiger partial charge in [-0.05, 0) is 70.2 Å². The summed E-state index contributed by atoms with van der Waals surface area (Å²) in [6.07, 6.45) is 7.10. The molecule has 0 atom stereocenters. The predicted octanol–water partition coefficient (Wildman–Crippen LogP) is 4.88. The van der Waals surface area contributed by atoms with Crippen molar-refractivity contribution in [3.8, 4) is 0 Å². The number of ether oxygens (including phenoxy) is 2. The van der Waals surface area contributed by atoms with E-state index >= 15 is 0 Å². The molecule has 7 heteroatoms. The first-order chi connectivity index (χ1) is 17.0. The van der Waals surface area contributed by atoms with Crippen LogP contribution in [0.5, 0.6) is 0 Å². The number of nitrogens with zero attached hydrogens (tertiary/aromatic N) is 3. The number of benzene rings is 1. The second-order valence-electron chi connectivity index (χ2n) is 11.1. The van der Waals surface area contributed by atoms with Gasteiger partial charge in [-0.3, -0.25) is 4.79 Å². The summed E-state index contributed by atoms with van der Waals surface area (Å²) >= 11 is 0. The summed E-state index contributed by atoms with van der Waals surface area (Å²) < 4.78 is 11.7. The topological polar surface area (TPSA) is 66.9 Å². The quantitative estimate of drug-likeness (QED) is 0.678. The number of hydrogen-bond donors (Lipinski definition) is 1. The zero-order valence-electron chi connectivity index (χ0n) is 20.8. The SMILES string of the molecule is CC(C)OC1CCC(C(=O)N2Cc3cccnc3Nc3ccc(N4CC5(CCOC5)C4)cc32)CC1. The maximum Gasteiger partial charge on any atom is 0.230 e. The Labute approximate surface area is 207 Å². The number of amides is 1. The molecule has 1 amide bonds. The molecule has 35 heavy (non-hydrogen) atoms. The Morgan fingerprint density at radius 1 is 1.20 bits per heavy atom. The van der Waals surface area contributed by atoms with Crippen molar-refractivity contribution in [1.82, 2.24) is 4.98 Å². The lowest BCUT2D eigenvalue weighted by Crippen LogP contribution is -2.57. The second-order valence-corrected chi connectivity index (χ2v) is 11.1. The highest BCUT2D eigenvalue weighted by Gasteiger charge is 2.46. The average Bonchev–Trinajstić information content (AvgIpc) is 3.27. The molecule has 0 bridgehead atoms. The number of rotatable bonds is 4. The van der Waals surface area contributed by atoms with Crippen LogP contribution >= 0.6 is 0 Å². The van der Waals surface area contributed by atoms with Crippen LogP contribution in [0.25, 0.3) is 0 Å². The number of anilines is 4. The molecule has 7 nitrogen and oxygen atoms in total. The molecule has 4 aliphatic rings. The Morgan fingerprint density at radius 3 is 2.77 bits per heavy atom. The number of nitrogens with one attached hydrogen (secondary N) is 1. The Kier molecular flexibility index (Phi) is 5.93. The van der Waals surface area contributed by atoms with Crippen LogP contribution in [-0.4, -0.2) is 49.4 Å². The smallest absolute Gasteiger partial charge is 0.230 e. The highest BCUT2D eigenvalue weighted by molar-refractivity contribution is 6.00. The average molecular weight is 477 g/mol. The van der Waals surface area contributed by atoms with Gasteiger partial charge in [0.15, 0.2) is 0 Å². The van der Waals surface area contributed by atoms with E-state index in [0.717, 1.165) is 81.2 Å². The van der Waals surface area contributed by atoms with Gasteiger partial charge in [-0.2, -0.15) is 0 Å². The van der Waals surface area contributed by atoms with Crippen molar-refractivity contribution < 1.29 is 14.3 Å². The van der Waals surface area contributed by atoms with E-state index in [2.05, 4.69) is 53.3 Å². The van der Waals surface area contributed by atoms with Gasteiger partial charge in [-0.25, -0.2) is 4.98 Å². The number of hydrogen-bond acceptors (Lipinski definition) is 6. The van der Waals surface area contributed by atoms with Gasteiger partial charge in [0.05, 0.1) is 36.7 Å². The van der Waals surface area contributed by atoms with Crippen molar-refractivity contribution in [2.24, 2.45) is 11.3 Å². The molecule has 186 valence electrons. The summed E-state index contributed by atoms with van der Waals surface area (Å²) in [5, 5.41) is 3.51. The van der Waals surface area contributed by atoms with Gasteiger partial charge >= 0.3 is 0 Å². The zero-order valence-corrected chi connectivity index (χ0v) is 20.8. The van der Waals surface area contributed by atoms with Gasteiger partial charge in [0, 0.05) is 48.5 Å². The molecule has 0 radical (unpaired) electrons. The van der Waals surface area contributed by atoms with E-state index < -0.39 is 0 Å². The number of pyridine rings is 1. The Morgan fingerprint density at radius 2 is 2.03 bits per heavy atom. The lowest BCUT2D eigenvalue weighted by Gasteiger charge is -2.48. The molecule has 0 unspecified atom stereocenters. The van der Waals surface area contributed by atoms with Crippen LogP contribution in [0.1, 0.15) is 51.5 Å². The van der Waals surface area contributed by atoms with Gasteiger partial charge in [-0.15, -0.1) is 0 Å². The molecule has 1 aromatic heterocycles. The molecule has 1 saturated carbocycles. The third-order valence-electron chi connectivity index (χ3n) is 8.10. The van der Waals surface area contributed by atoms with E-state index in [9.17, 15) is 4.79 Å². The summed E-state index contributed by atoms with van der Waals surface area (Å²) in [7, 11) is 0. The van der Waals surface area contributed by atoms with Crippen LogP contribution in [0.3, 0.4) is 0 Å². The molecular weight excluding hydrogens is 440 g/mol. The molecule has 2 aromatic rings. The van der Waals surface area contributed by atoms with Crippen LogP contribution < -0.4 is 15.1 Å².